The number of aliphatic hydroxyl groups is 2. The Kier molecular flexibility index (Phi) is 4.79. The second-order valence-corrected chi connectivity index (χ2v) is 9.10. The lowest BCUT2D eigenvalue weighted by Crippen LogP contribution is -2.35. The van der Waals surface area contributed by atoms with E-state index in [4.69, 9.17) is 11.5 Å². The van der Waals surface area contributed by atoms with Crippen LogP contribution in [0.15, 0.2) is 48.8 Å². The lowest BCUT2D eigenvalue weighted by atomic mass is 9.80. The standard InChI is InChI=1S/C24H26FN5O2/c1-24(7-4-13-10-16(25)14-2-3-20(27)29-18(14)11-13)12-19(21(31)22(24)32)30-9-6-15-17(26)5-8-28-23(15)30/h2-3,5-6,8-11,19,21-22,31-32H,4,7,12H2,1H3,(H2,26,28)(H2,27,29)/t19-,21+,22+,24+/m1/s1. The molecule has 0 radical (unpaired) electrons. The van der Waals surface area contributed by atoms with Gasteiger partial charge in [-0.25, -0.2) is 14.4 Å². The number of hydrogen-bond donors (Lipinski definition) is 4. The molecule has 5 rings (SSSR count). The number of aryl methyl sites for hydroxylation is 1. The summed E-state index contributed by atoms with van der Waals surface area (Å²) in [6.07, 6.45) is 3.28. The van der Waals surface area contributed by atoms with Crippen molar-refractivity contribution in [2.75, 3.05) is 11.5 Å². The number of rotatable bonds is 4. The Morgan fingerprint density at radius 2 is 1.97 bits per heavy atom. The average Bonchev–Trinajstić information content (AvgIpc) is 3.28. The zero-order chi connectivity index (χ0) is 22.6. The minimum absolute atomic E-state index is 0.336. The van der Waals surface area contributed by atoms with E-state index < -0.39 is 17.6 Å². The van der Waals surface area contributed by atoms with E-state index in [9.17, 15) is 14.6 Å². The summed E-state index contributed by atoms with van der Waals surface area (Å²) in [5, 5.41) is 23.1. The molecule has 3 heterocycles. The van der Waals surface area contributed by atoms with E-state index in [-0.39, 0.29) is 11.9 Å². The number of anilines is 2. The van der Waals surface area contributed by atoms with Gasteiger partial charge in [0.25, 0.3) is 0 Å². The van der Waals surface area contributed by atoms with Gasteiger partial charge in [-0.1, -0.05) is 6.92 Å². The summed E-state index contributed by atoms with van der Waals surface area (Å²) in [5.74, 6) is -0.00565. The summed E-state index contributed by atoms with van der Waals surface area (Å²) in [4.78, 5) is 8.66. The SMILES string of the molecule is C[C@]1(CCc2cc(F)c3ccc(N)nc3c2)C[C@@H](n2ccc3c(N)ccnc32)[C@H](O)[C@@H]1O. The Morgan fingerprint density at radius 3 is 2.78 bits per heavy atom. The van der Waals surface area contributed by atoms with Crippen molar-refractivity contribution in [1.29, 1.82) is 0 Å². The van der Waals surface area contributed by atoms with Crippen LogP contribution >= 0.6 is 0 Å². The lowest BCUT2D eigenvalue weighted by molar-refractivity contribution is -0.0241. The molecule has 1 fully saturated rings. The predicted molar refractivity (Wildman–Crippen MR) is 122 cm³/mol. The van der Waals surface area contributed by atoms with Gasteiger partial charge in [0, 0.05) is 28.9 Å². The highest BCUT2D eigenvalue weighted by Crippen LogP contribution is 2.48. The first-order chi connectivity index (χ1) is 15.3. The molecule has 32 heavy (non-hydrogen) atoms. The van der Waals surface area contributed by atoms with Crippen LogP contribution in [0.3, 0.4) is 0 Å². The fraction of sp³-hybridized carbons (Fsp3) is 0.333. The molecule has 7 nitrogen and oxygen atoms in total. The van der Waals surface area contributed by atoms with Gasteiger partial charge in [-0.05, 0) is 66.6 Å². The first-order valence-electron chi connectivity index (χ1n) is 10.7. The molecule has 1 aliphatic carbocycles. The minimum Gasteiger partial charge on any atom is -0.398 e. The van der Waals surface area contributed by atoms with Crippen LogP contribution in [0.4, 0.5) is 15.9 Å². The first kappa shape index (κ1) is 20.7. The molecule has 0 aliphatic heterocycles. The number of hydrogen-bond acceptors (Lipinski definition) is 6. The molecule has 166 valence electrons. The predicted octanol–water partition coefficient (Wildman–Crippen LogP) is 3.19. The molecule has 4 atom stereocenters. The Morgan fingerprint density at radius 1 is 1.16 bits per heavy atom. The Hall–Kier alpha value is -3.23. The highest BCUT2D eigenvalue weighted by Gasteiger charge is 2.50. The molecular formula is C24H26FN5O2. The van der Waals surface area contributed by atoms with Crippen molar-refractivity contribution in [2.24, 2.45) is 5.41 Å². The summed E-state index contributed by atoms with van der Waals surface area (Å²) >= 11 is 0. The summed E-state index contributed by atoms with van der Waals surface area (Å²) < 4.78 is 16.4. The topological polar surface area (TPSA) is 123 Å². The van der Waals surface area contributed by atoms with Crippen LogP contribution in [-0.2, 0) is 6.42 Å². The fourth-order valence-corrected chi connectivity index (χ4v) is 5.04. The van der Waals surface area contributed by atoms with Crippen LogP contribution in [0.2, 0.25) is 0 Å². The summed E-state index contributed by atoms with van der Waals surface area (Å²) in [6, 6.07) is 9.82. The van der Waals surface area contributed by atoms with Gasteiger partial charge in [0.2, 0.25) is 0 Å². The zero-order valence-corrected chi connectivity index (χ0v) is 17.7. The number of benzene rings is 1. The third-order valence-electron chi connectivity index (χ3n) is 6.94. The molecule has 0 unspecified atom stereocenters. The maximum Gasteiger partial charge on any atom is 0.142 e. The average molecular weight is 436 g/mol. The van der Waals surface area contributed by atoms with E-state index in [0.717, 1.165) is 10.9 Å². The number of fused-ring (bicyclic) bond motifs is 2. The van der Waals surface area contributed by atoms with Gasteiger partial charge in [0.15, 0.2) is 0 Å². The van der Waals surface area contributed by atoms with Gasteiger partial charge in [0.05, 0.1) is 17.7 Å². The minimum atomic E-state index is -0.950. The van der Waals surface area contributed by atoms with Crippen molar-refractivity contribution in [3.05, 3.63) is 60.2 Å². The van der Waals surface area contributed by atoms with Gasteiger partial charge in [0.1, 0.15) is 23.4 Å². The molecule has 0 bridgehead atoms. The molecule has 0 spiro atoms. The maximum atomic E-state index is 14.6. The number of aromatic nitrogens is 3. The Bertz CT molecular complexity index is 1320. The number of nitrogens with zero attached hydrogens (tertiary/aromatic N) is 3. The number of nitrogen functional groups attached to an aromatic ring is 2. The first-order valence-corrected chi connectivity index (χ1v) is 10.7. The smallest absolute Gasteiger partial charge is 0.142 e. The van der Waals surface area contributed by atoms with E-state index in [1.807, 2.05) is 29.8 Å². The van der Waals surface area contributed by atoms with Crippen LogP contribution in [0.5, 0.6) is 0 Å². The molecule has 6 N–H and O–H groups in total. The Balaban J connectivity index is 1.40. The zero-order valence-electron chi connectivity index (χ0n) is 17.7. The molecule has 8 heteroatoms. The van der Waals surface area contributed by atoms with Crippen molar-refractivity contribution >= 4 is 33.4 Å². The Labute approximate surface area is 184 Å². The van der Waals surface area contributed by atoms with Crippen molar-refractivity contribution in [3.8, 4) is 0 Å². The van der Waals surface area contributed by atoms with Crippen LogP contribution in [0.1, 0.15) is 31.4 Å². The molecule has 1 aromatic carbocycles. The van der Waals surface area contributed by atoms with E-state index >= 15 is 0 Å². The molecule has 0 amide bonds. The number of aliphatic hydroxyl groups excluding tert-OH is 2. The van der Waals surface area contributed by atoms with Crippen LogP contribution in [0.25, 0.3) is 21.9 Å². The van der Waals surface area contributed by atoms with Crippen LogP contribution in [-0.4, -0.2) is 37.0 Å². The van der Waals surface area contributed by atoms with E-state index in [2.05, 4.69) is 9.97 Å². The molecule has 1 saturated carbocycles. The largest absolute Gasteiger partial charge is 0.398 e. The van der Waals surface area contributed by atoms with E-state index in [1.165, 1.54) is 6.07 Å². The summed E-state index contributed by atoms with van der Waals surface area (Å²) in [6.45, 7) is 1.96. The molecular weight excluding hydrogens is 409 g/mol. The number of nitrogens with two attached hydrogens (primary N) is 2. The highest BCUT2D eigenvalue weighted by molar-refractivity contribution is 5.88. The van der Waals surface area contributed by atoms with E-state index in [1.54, 1.807) is 24.4 Å². The third kappa shape index (κ3) is 3.27. The summed E-state index contributed by atoms with van der Waals surface area (Å²) in [5.41, 5.74) is 13.8. The highest BCUT2D eigenvalue weighted by atomic mass is 19.1. The lowest BCUT2D eigenvalue weighted by Gasteiger charge is -2.28. The monoisotopic (exact) mass is 435 g/mol. The quantitative estimate of drug-likeness (QED) is 0.390. The van der Waals surface area contributed by atoms with Gasteiger partial charge in [-0.15, -0.1) is 0 Å². The second-order valence-electron chi connectivity index (χ2n) is 9.10. The van der Waals surface area contributed by atoms with Gasteiger partial charge < -0.3 is 26.2 Å². The number of halogens is 1. The molecule has 4 aromatic rings. The van der Waals surface area contributed by atoms with Crippen molar-refractivity contribution in [1.82, 2.24) is 14.5 Å². The molecule has 1 aliphatic rings. The molecule has 3 aromatic heterocycles. The van der Waals surface area contributed by atoms with Crippen molar-refractivity contribution in [3.63, 3.8) is 0 Å². The van der Waals surface area contributed by atoms with E-state index in [0.29, 0.717) is 47.3 Å². The van der Waals surface area contributed by atoms with Gasteiger partial charge in [-0.2, -0.15) is 0 Å². The van der Waals surface area contributed by atoms with Crippen LogP contribution in [0, 0.1) is 11.2 Å². The fourth-order valence-electron chi connectivity index (χ4n) is 5.04. The van der Waals surface area contributed by atoms with Gasteiger partial charge >= 0.3 is 0 Å². The van der Waals surface area contributed by atoms with Gasteiger partial charge in [-0.3, -0.25) is 0 Å². The molecule has 0 saturated heterocycles. The maximum absolute atomic E-state index is 14.6. The van der Waals surface area contributed by atoms with Crippen molar-refractivity contribution < 1.29 is 14.6 Å². The number of pyridine rings is 2. The third-order valence-corrected chi connectivity index (χ3v) is 6.94. The normalized spacial score (nSPS) is 25.7. The second kappa shape index (κ2) is 7.43. The summed E-state index contributed by atoms with van der Waals surface area (Å²) in [7, 11) is 0. The van der Waals surface area contributed by atoms with Crippen molar-refractivity contribution in [2.45, 2.75) is 44.4 Å². The van der Waals surface area contributed by atoms with Crippen LogP contribution < -0.4 is 11.5 Å².